The summed E-state index contributed by atoms with van der Waals surface area (Å²) in [6, 6.07) is 6.23. The maximum atomic E-state index is 14.4. The van der Waals surface area contributed by atoms with E-state index in [4.69, 9.17) is 4.74 Å². The van der Waals surface area contributed by atoms with Gasteiger partial charge in [0.1, 0.15) is 10.7 Å². The van der Waals surface area contributed by atoms with Crippen LogP contribution in [0.15, 0.2) is 35.4 Å². The van der Waals surface area contributed by atoms with Crippen LogP contribution >= 0.6 is 0 Å². The zero-order valence-corrected chi connectivity index (χ0v) is 15.5. The van der Waals surface area contributed by atoms with Gasteiger partial charge in [0, 0.05) is 25.2 Å². The first kappa shape index (κ1) is 19.8. The molecule has 0 unspecified atom stereocenters. The van der Waals surface area contributed by atoms with Crippen molar-refractivity contribution in [2.45, 2.75) is 36.6 Å². The average Bonchev–Trinajstić information content (AvgIpc) is 3.04. The van der Waals surface area contributed by atoms with E-state index in [1.54, 1.807) is 18.2 Å². The van der Waals surface area contributed by atoms with E-state index in [1.165, 1.54) is 13.0 Å². The van der Waals surface area contributed by atoms with Crippen LogP contribution in [0, 0.1) is 12.7 Å². The van der Waals surface area contributed by atoms with E-state index in [2.05, 4.69) is 9.82 Å². The highest BCUT2D eigenvalue weighted by molar-refractivity contribution is 7.89. The SMILES string of the molecule is Cc1nn(C(F)F)cc1S(=O)(=O)NCC1(c2ccccc2F)CCOCC1. The number of benzene rings is 1. The largest absolute Gasteiger partial charge is 0.381 e. The van der Waals surface area contributed by atoms with Crippen molar-refractivity contribution >= 4 is 10.0 Å². The second-order valence-corrected chi connectivity index (χ2v) is 8.27. The smallest absolute Gasteiger partial charge is 0.333 e. The third-order valence-electron chi connectivity index (χ3n) is 4.86. The molecule has 148 valence electrons. The monoisotopic (exact) mass is 403 g/mol. The summed E-state index contributed by atoms with van der Waals surface area (Å²) in [6.45, 7) is -0.919. The van der Waals surface area contributed by atoms with Crippen molar-refractivity contribution in [2.75, 3.05) is 19.8 Å². The van der Waals surface area contributed by atoms with E-state index in [9.17, 15) is 21.6 Å². The highest BCUT2D eigenvalue weighted by atomic mass is 32.2. The van der Waals surface area contributed by atoms with Gasteiger partial charge in [0.05, 0.1) is 11.9 Å². The van der Waals surface area contributed by atoms with Crippen molar-refractivity contribution in [3.05, 3.63) is 47.5 Å². The minimum atomic E-state index is -4.09. The van der Waals surface area contributed by atoms with E-state index in [-0.39, 0.29) is 17.1 Å². The minimum absolute atomic E-state index is 0.0327. The summed E-state index contributed by atoms with van der Waals surface area (Å²) < 4.78 is 73.4. The molecule has 1 saturated heterocycles. The van der Waals surface area contributed by atoms with Gasteiger partial charge in [0.15, 0.2) is 0 Å². The minimum Gasteiger partial charge on any atom is -0.381 e. The van der Waals surface area contributed by atoms with Crippen molar-refractivity contribution in [3.63, 3.8) is 0 Å². The molecule has 0 saturated carbocycles. The number of aryl methyl sites for hydroxylation is 1. The molecule has 0 amide bonds. The molecule has 2 heterocycles. The third kappa shape index (κ3) is 4.02. The average molecular weight is 403 g/mol. The van der Waals surface area contributed by atoms with E-state index in [1.807, 2.05) is 0 Å². The van der Waals surface area contributed by atoms with Crippen molar-refractivity contribution in [1.29, 1.82) is 0 Å². The summed E-state index contributed by atoms with van der Waals surface area (Å²) in [7, 11) is -4.09. The van der Waals surface area contributed by atoms with Crippen LogP contribution in [0.25, 0.3) is 0 Å². The molecule has 10 heteroatoms. The zero-order valence-electron chi connectivity index (χ0n) is 14.7. The molecule has 1 fully saturated rings. The number of rotatable bonds is 6. The molecule has 0 bridgehead atoms. The second-order valence-electron chi connectivity index (χ2n) is 6.53. The van der Waals surface area contributed by atoms with E-state index < -0.39 is 27.8 Å². The normalized spacial score (nSPS) is 17.4. The summed E-state index contributed by atoms with van der Waals surface area (Å²) in [6.07, 6.45) is 1.67. The van der Waals surface area contributed by atoms with E-state index >= 15 is 0 Å². The fourth-order valence-electron chi connectivity index (χ4n) is 3.33. The van der Waals surface area contributed by atoms with E-state index in [0.29, 0.717) is 36.3 Å². The molecule has 6 nitrogen and oxygen atoms in total. The lowest BCUT2D eigenvalue weighted by molar-refractivity contribution is 0.0504. The lowest BCUT2D eigenvalue weighted by atomic mass is 9.74. The maximum absolute atomic E-state index is 14.4. The number of aromatic nitrogens is 2. The second kappa shape index (κ2) is 7.61. The summed E-state index contributed by atoms with van der Waals surface area (Å²) in [5.74, 6) is -0.416. The Bertz CT molecular complexity index is 909. The van der Waals surface area contributed by atoms with Gasteiger partial charge in [-0.1, -0.05) is 18.2 Å². The molecule has 1 N–H and O–H groups in total. The number of nitrogens with one attached hydrogen (secondary N) is 1. The molecule has 1 aliphatic heterocycles. The Kier molecular flexibility index (Phi) is 5.59. The Labute approximate surface area is 155 Å². The van der Waals surface area contributed by atoms with Crippen LogP contribution in [0.4, 0.5) is 13.2 Å². The Hall–Kier alpha value is -1.91. The van der Waals surface area contributed by atoms with Crippen LogP contribution in [0.3, 0.4) is 0 Å². The number of hydrogen-bond donors (Lipinski definition) is 1. The summed E-state index contributed by atoms with van der Waals surface area (Å²) in [5.41, 5.74) is -0.394. The predicted octanol–water partition coefficient (Wildman–Crippen LogP) is 2.75. The molecule has 0 spiro atoms. The molecule has 3 rings (SSSR count). The Morgan fingerprint density at radius 2 is 1.96 bits per heavy atom. The number of sulfonamides is 1. The van der Waals surface area contributed by atoms with Crippen LogP contribution in [0.2, 0.25) is 0 Å². The third-order valence-corrected chi connectivity index (χ3v) is 6.36. The van der Waals surface area contributed by atoms with E-state index in [0.717, 1.165) is 6.20 Å². The van der Waals surface area contributed by atoms with Gasteiger partial charge < -0.3 is 4.74 Å². The standard InChI is InChI=1S/C17H20F3N3O3S/c1-12-15(10-23(22-12)16(19)20)27(24,25)21-11-17(6-8-26-9-7-17)13-4-2-3-5-14(13)18/h2-5,10,16,21H,6-9,11H2,1H3. The van der Waals surface area contributed by atoms with Crippen molar-refractivity contribution in [2.24, 2.45) is 0 Å². The van der Waals surface area contributed by atoms with Crippen LogP contribution in [-0.4, -0.2) is 38.0 Å². The highest BCUT2D eigenvalue weighted by Gasteiger charge is 2.38. The van der Waals surface area contributed by atoms with Gasteiger partial charge in [0.2, 0.25) is 10.0 Å². The van der Waals surface area contributed by atoms with Gasteiger partial charge in [0.25, 0.3) is 0 Å². The molecule has 0 atom stereocenters. The maximum Gasteiger partial charge on any atom is 0.333 e. The van der Waals surface area contributed by atoms with Crippen molar-refractivity contribution < 1.29 is 26.3 Å². The quantitative estimate of drug-likeness (QED) is 0.805. The van der Waals surface area contributed by atoms with Crippen LogP contribution in [0.5, 0.6) is 0 Å². The highest BCUT2D eigenvalue weighted by Crippen LogP contribution is 2.36. The Balaban J connectivity index is 1.88. The fourth-order valence-corrected chi connectivity index (χ4v) is 4.63. The number of alkyl halides is 2. The van der Waals surface area contributed by atoms with Crippen LogP contribution < -0.4 is 4.72 Å². The zero-order chi connectivity index (χ0) is 19.7. The molecule has 0 aliphatic carbocycles. The van der Waals surface area contributed by atoms with Gasteiger partial charge >= 0.3 is 6.55 Å². The summed E-state index contributed by atoms with van der Waals surface area (Å²) in [5, 5.41) is 3.53. The Morgan fingerprint density at radius 1 is 1.30 bits per heavy atom. The summed E-state index contributed by atoms with van der Waals surface area (Å²) in [4.78, 5) is -0.321. The van der Waals surface area contributed by atoms with Gasteiger partial charge in [-0.2, -0.15) is 13.9 Å². The number of halogens is 3. The molecule has 0 radical (unpaired) electrons. The Morgan fingerprint density at radius 3 is 2.56 bits per heavy atom. The first-order chi connectivity index (χ1) is 12.8. The number of ether oxygens (including phenoxy) is 1. The molecular weight excluding hydrogens is 383 g/mol. The first-order valence-corrected chi connectivity index (χ1v) is 9.90. The van der Waals surface area contributed by atoms with Crippen LogP contribution in [-0.2, 0) is 20.2 Å². The number of nitrogens with zero attached hydrogens (tertiary/aromatic N) is 2. The van der Waals surface area contributed by atoms with Gasteiger partial charge in [-0.25, -0.2) is 22.2 Å². The molecule has 2 aromatic rings. The molecule has 1 aromatic heterocycles. The topological polar surface area (TPSA) is 73.2 Å². The van der Waals surface area contributed by atoms with Gasteiger partial charge in [-0.15, -0.1) is 0 Å². The molecule has 27 heavy (non-hydrogen) atoms. The summed E-state index contributed by atoms with van der Waals surface area (Å²) >= 11 is 0. The van der Waals surface area contributed by atoms with Gasteiger partial charge in [-0.3, -0.25) is 0 Å². The van der Waals surface area contributed by atoms with Crippen LogP contribution in [0.1, 0.15) is 30.6 Å². The lowest BCUT2D eigenvalue weighted by Gasteiger charge is -2.38. The molecule has 1 aliphatic rings. The predicted molar refractivity (Wildman–Crippen MR) is 91.5 cm³/mol. The first-order valence-electron chi connectivity index (χ1n) is 8.41. The number of hydrogen-bond acceptors (Lipinski definition) is 4. The van der Waals surface area contributed by atoms with Crippen molar-refractivity contribution in [3.8, 4) is 0 Å². The molecule has 1 aromatic carbocycles. The lowest BCUT2D eigenvalue weighted by Crippen LogP contribution is -2.45. The van der Waals surface area contributed by atoms with Crippen molar-refractivity contribution in [1.82, 2.24) is 14.5 Å². The van der Waals surface area contributed by atoms with Gasteiger partial charge in [-0.05, 0) is 31.4 Å². The molecular formula is C17H20F3N3O3S. The fraction of sp³-hybridized carbons (Fsp3) is 0.471.